The number of nitrogens with zero attached hydrogens (tertiary/aromatic N) is 4. The number of aryl methyl sites for hydroxylation is 1. The van der Waals surface area contributed by atoms with Crippen molar-refractivity contribution in [2.45, 2.75) is 45.7 Å². The van der Waals surface area contributed by atoms with Gasteiger partial charge in [0.1, 0.15) is 5.82 Å². The lowest BCUT2D eigenvalue weighted by atomic mass is 10.1. The van der Waals surface area contributed by atoms with Gasteiger partial charge in [0.2, 0.25) is 5.82 Å². The number of piperazine rings is 1. The van der Waals surface area contributed by atoms with Crippen LogP contribution in [-0.2, 0) is 6.42 Å². The van der Waals surface area contributed by atoms with E-state index in [1.807, 2.05) is 4.90 Å². The molecule has 2 rings (SSSR count). The van der Waals surface area contributed by atoms with Gasteiger partial charge in [0, 0.05) is 31.6 Å². The van der Waals surface area contributed by atoms with Crippen molar-refractivity contribution in [1.29, 1.82) is 0 Å². The molecule has 0 aliphatic carbocycles. The zero-order chi connectivity index (χ0) is 14.0. The van der Waals surface area contributed by atoms with Gasteiger partial charge in [0.15, 0.2) is 0 Å². The monoisotopic (exact) mass is 265 g/mol. The predicted octanol–water partition coefficient (Wildman–Crippen LogP) is 0.922. The van der Waals surface area contributed by atoms with E-state index in [0.717, 1.165) is 31.8 Å². The Balaban J connectivity index is 2.06. The summed E-state index contributed by atoms with van der Waals surface area (Å²) in [5, 5.41) is 6.88. The average molecular weight is 265 g/mol. The van der Waals surface area contributed by atoms with Crippen LogP contribution in [0.2, 0.25) is 0 Å². The van der Waals surface area contributed by atoms with Gasteiger partial charge >= 0.3 is 0 Å². The molecule has 0 spiro atoms. The van der Waals surface area contributed by atoms with Crippen LogP contribution in [0.4, 0.5) is 0 Å². The number of nitrogens with one attached hydrogen (secondary N) is 1. The van der Waals surface area contributed by atoms with E-state index < -0.39 is 0 Å². The van der Waals surface area contributed by atoms with Crippen LogP contribution < -0.4 is 0 Å². The molecular formula is C13H23N5O. The van der Waals surface area contributed by atoms with E-state index in [9.17, 15) is 4.79 Å². The lowest BCUT2D eigenvalue weighted by molar-refractivity contribution is 0.0404. The van der Waals surface area contributed by atoms with Crippen LogP contribution in [-0.4, -0.2) is 63.1 Å². The molecule has 1 aromatic rings. The molecule has 1 aliphatic rings. The number of H-pyrrole nitrogens is 1. The molecule has 0 aromatic carbocycles. The van der Waals surface area contributed by atoms with Gasteiger partial charge in [0.05, 0.1) is 0 Å². The Morgan fingerprint density at radius 3 is 2.58 bits per heavy atom. The summed E-state index contributed by atoms with van der Waals surface area (Å²) in [5.41, 5.74) is 0. The molecule has 2 heterocycles. The van der Waals surface area contributed by atoms with Crippen LogP contribution in [0, 0.1) is 0 Å². The number of aromatic amines is 1. The summed E-state index contributed by atoms with van der Waals surface area (Å²) >= 11 is 0. The molecule has 0 bridgehead atoms. The van der Waals surface area contributed by atoms with Gasteiger partial charge in [-0.05, 0) is 27.3 Å². The average Bonchev–Trinajstić information content (AvgIpc) is 2.83. The smallest absolute Gasteiger partial charge is 0.293 e. The van der Waals surface area contributed by atoms with Gasteiger partial charge in [-0.25, -0.2) is 4.98 Å². The second kappa shape index (κ2) is 5.69. The van der Waals surface area contributed by atoms with Crippen molar-refractivity contribution in [2.24, 2.45) is 0 Å². The van der Waals surface area contributed by atoms with Crippen LogP contribution in [0.25, 0.3) is 0 Å². The third-order valence-corrected chi connectivity index (χ3v) is 3.86. The minimum absolute atomic E-state index is 0.0644. The van der Waals surface area contributed by atoms with Crippen LogP contribution in [0.5, 0.6) is 0 Å². The maximum Gasteiger partial charge on any atom is 0.293 e. The molecule has 6 heteroatoms. The summed E-state index contributed by atoms with van der Waals surface area (Å²) < 4.78 is 0. The summed E-state index contributed by atoms with van der Waals surface area (Å²) in [7, 11) is 2.10. The Morgan fingerprint density at radius 1 is 1.37 bits per heavy atom. The Morgan fingerprint density at radius 2 is 2.00 bits per heavy atom. The molecule has 1 aliphatic heterocycles. The van der Waals surface area contributed by atoms with Crippen molar-refractivity contribution in [2.75, 3.05) is 20.1 Å². The van der Waals surface area contributed by atoms with Gasteiger partial charge in [-0.15, -0.1) is 5.10 Å². The summed E-state index contributed by atoms with van der Waals surface area (Å²) in [6.45, 7) is 7.81. The molecule has 2 atom stereocenters. The van der Waals surface area contributed by atoms with Crippen molar-refractivity contribution >= 4 is 5.91 Å². The van der Waals surface area contributed by atoms with E-state index in [-0.39, 0.29) is 5.91 Å². The fourth-order valence-corrected chi connectivity index (χ4v) is 2.45. The van der Waals surface area contributed by atoms with Crippen molar-refractivity contribution in [3.63, 3.8) is 0 Å². The molecule has 2 unspecified atom stereocenters. The molecule has 1 N–H and O–H groups in total. The zero-order valence-electron chi connectivity index (χ0n) is 12.2. The number of likely N-dealkylation sites (N-methyl/N-ethyl adjacent to an activating group) is 1. The number of amides is 1. The molecule has 6 nitrogen and oxygen atoms in total. The maximum atomic E-state index is 12.4. The number of rotatable bonds is 3. The van der Waals surface area contributed by atoms with E-state index in [1.54, 1.807) is 0 Å². The highest BCUT2D eigenvalue weighted by Crippen LogP contribution is 2.15. The molecular weight excluding hydrogens is 242 g/mol. The number of carbonyl (C=O) groups is 1. The molecule has 1 amide bonds. The molecule has 0 saturated carbocycles. The van der Waals surface area contributed by atoms with E-state index in [4.69, 9.17) is 0 Å². The highest BCUT2D eigenvalue weighted by molar-refractivity contribution is 5.90. The predicted molar refractivity (Wildman–Crippen MR) is 73.0 cm³/mol. The summed E-state index contributed by atoms with van der Waals surface area (Å²) in [4.78, 5) is 20.8. The van der Waals surface area contributed by atoms with E-state index >= 15 is 0 Å². The largest absolute Gasteiger partial charge is 0.333 e. The van der Waals surface area contributed by atoms with Gasteiger partial charge in [-0.2, -0.15) is 0 Å². The van der Waals surface area contributed by atoms with Crippen molar-refractivity contribution in [3.05, 3.63) is 11.6 Å². The Hall–Kier alpha value is -1.43. The van der Waals surface area contributed by atoms with Gasteiger partial charge < -0.3 is 4.90 Å². The number of carbonyl (C=O) groups excluding carboxylic acids is 1. The van der Waals surface area contributed by atoms with Gasteiger partial charge in [0.25, 0.3) is 5.91 Å². The van der Waals surface area contributed by atoms with Crippen LogP contribution in [0.1, 0.15) is 43.6 Å². The van der Waals surface area contributed by atoms with Gasteiger partial charge in [-0.1, -0.05) is 6.92 Å². The Labute approximate surface area is 114 Å². The van der Waals surface area contributed by atoms with E-state index in [0.29, 0.717) is 17.9 Å². The first kappa shape index (κ1) is 14.0. The third-order valence-electron chi connectivity index (χ3n) is 3.86. The summed E-state index contributed by atoms with van der Waals surface area (Å²) in [6, 6.07) is 0.725. The van der Waals surface area contributed by atoms with Crippen LogP contribution in [0.3, 0.4) is 0 Å². The van der Waals surface area contributed by atoms with Crippen LogP contribution in [0.15, 0.2) is 0 Å². The summed E-state index contributed by atoms with van der Waals surface area (Å²) in [5.74, 6) is 1.03. The quantitative estimate of drug-likeness (QED) is 0.882. The van der Waals surface area contributed by atoms with E-state index in [2.05, 4.69) is 47.9 Å². The normalized spacial score (nSPS) is 24.7. The molecule has 1 aromatic heterocycles. The number of hydrogen-bond donors (Lipinski definition) is 1. The molecule has 0 radical (unpaired) electrons. The van der Waals surface area contributed by atoms with Gasteiger partial charge in [-0.3, -0.25) is 14.8 Å². The van der Waals surface area contributed by atoms with Crippen LogP contribution >= 0.6 is 0 Å². The molecule has 1 fully saturated rings. The molecule has 19 heavy (non-hydrogen) atoms. The first-order chi connectivity index (χ1) is 9.02. The first-order valence-electron chi connectivity index (χ1n) is 6.95. The van der Waals surface area contributed by atoms with Crippen molar-refractivity contribution in [3.8, 4) is 0 Å². The molecule has 1 saturated heterocycles. The Bertz CT molecular complexity index is 432. The minimum atomic E-state index is -0.0644. The minimum Gasteiger partial charge on any atom is -0.333 e. The number of hydrogen-bond acceptors (Lipinski definition) is 4. The zero-order valence-corrected chi connectivity index (χ0v) is 12.2. The number of aromatic nitrogens is 3. The fraction of sp³-hybridized carbons (Fsp3) is 0.769. The second-order valence-electron chi connectivity index (χ2n) is 5.43. The molecule has 106 valence electrons. The van der Waals surface area contributed by atoms with Crippen molar-refractivity contribution < 1.29 is 4.79 Å². The maximum absolute atomic E-state index is 12.4. The second-order valence-corrected chi connectivity index (χ2v) is 5.43. The fourth-order valence-electron chi connectivity index (χ4n) is 2.45. The SMILES string of the molecule is CCCc1nc(C(=O)N2CC(C)N(C)C(C)C2)n[nH]1. The Kier molecular flexibility index (Phi) is 4.19. The highest BCUT2D eigenvalue weighted by Gasteiger charge is 2.31. The lowest BCUT2D eigenvalue weighted by Crippen LogP contribution is -2.56. The van der Waals surface area contributed by atoms with E-state index in [1.165, 1.54) is 0 Å². The first-order valence-corrected chi connectivity index (χ1v) is 6.95. The standard InChI is InChI=1S/C13H23N5O/c1-5-6-11-14-12(16-15-11)13(19)18-7-9(2)17(4)10(3)8-18/h9-10H,5-8H2,1-4H3,(H,14,15,16). The lowest BCUT2D eigenvalue weighted by Gasteiger charge is -2.42. The third kappa shape index (κ3) is 2.94. The van der Waals surface area contributed by atoms with Crippen molar-refractivity contribution in [1.82, 2.24) is 25.0 Å². The summed E-state index contributed by atoms with van der Waals surface area (Å²) in [6.07, 6.45) is 1.82. The topological polar surface area (TPSA) is 65.1 Å². The highest BCUT2D eigenvalue weighted by atomic mass is 16.2.